The second kappa shape index (κ2) is 16.2. The predicted octanol–water partition coefficient (Wildman–Crippen LogP) is 1.01. The number of benzene rings is 1. The largest absolute Gasteiger partial charge is 0.484 e. The predicted molar refractivity (Wildman–Crippen MR) is 158 cm³/mol. The molecule has 2 heterocycles. The summed E-state index contributed by atoms with van der Waals surface area (Å²) in [5.74, 6) is -3.64. The van der Waals surface area contributed by atoms with Crippen LogP contribution >= 0.6 is 0 Å². The molecule has 0 spiro atoms. The van der Waals surface area contributed by atoms with Gasteiger partial charge < -0.3 is 36.0 Å². The molecule has 3 aliphatic rings. The maximum atomic E-state index is 14.0. The maximum Gasteiger partial charge on any atom is 0.326 e. The summed E-state index contributed by atoms with van der Waals surface area (Å²) in [7, 11) is 0. The van der Waals surface area contributed by atoms with Gasteiger partial charge in [0.15, 0.2) is 6.61 Å². The number of carbonyl (C=O) groups excluding carboxylic acids is 5. The molecule has 5 amide bonds. The zero-order chi connectivity index (χ0) is 32.3. The molecule has 14 heteroatoms. The molecule has 45 heavy (non-hydrogen) atoms. The molecule has 4 atom stereocenters. The number of hydrogen-bond donors (Lipinski definition) is 5. The van der Waals surface area contributed by atoms with Gasteiger partial charge in [-0.25, -0.2) is 9.18 Å². The highest BCUT2D eigenvalue weighted by Gasteiger charge is 2.43. The molecule has 1 saturated carbocycles. The number of fused-ring (bicyclic) bond motifs is 1. The van der Waals surface area contributed by atoms with Crippen molar-refractivity contribution in [3.8, 4) is 5.75 Å². The molecule has 1 aromatic rings. The Morgan fingerprint density at radius 3 is 2.38 bits per heavy atom. The van der Waals surface area contributed by atoms with E-state index in [1.165, 1.54) is 29.2 Å². The quantitative estimate of drug-likeness (QED) is 0.282. The van der Waals surface area contributed by atoms with Gasteiger partial charge in [0.25, 0.3) is 5.91 Å². The van der Waals surface area contributed by atoms with Crippen molar-refractivity contribution in [3.05, 3.63) is 30.1 Å². The molecule has 0 bridgehead atoms. The fourth-order valence-electron chi connectivity index (χ4n) is 6.16. The van der Waals surface area contributed by atoms with Crippen molar-refractivity contribution in [2.45, 2.75) is 94.8 Å². The third kappa shape index (κ3) is 10.1. The maximum absolute atomic E-state index is 14.0. The van der Waals surface area contributed by atoms with E-state index in [4.69, 9.17) is 4.74 Å². The highest BCUT2D eigenvalue weighted by molar-refractivity contribution is 5.94. The smallest absolute Gasteiger partial charge is 0.326 e. The van der Waals surface area contributed by atoms with Crippen LogP contribution in [0.5, 0.6) is 5.75 Å². The lowest BCUT2D eigenvalue weighted by Crippen LogP contribution is -2.55. The fraction of sp³-hybridized carbons (Fsp3) is 0.613. The Morgan fingerprint density at radius 1 is 0.956 bits per heavy atom. The van der Waals surface area contributed by atoms with Gasteiger partial charge in [-0.3, -0.25) is 24.0 Å². The van der Waals surface area contributed by atoms with Crippen LogP contribution < -0.4 is 26.0 Å². The minimum Gasteiger partial charge on any atom is -0.484 e. The average Bonchev–Trinajstić information content (AvgIpc) is 3.67. The first kappa shape index (κ1) is 33.7. The van der Waals surface area contributed by atoms with Crippen LogP contribution in [0.25, 0.3) is 0 Å². The van der Waals surface area contributed by atoms with E-state index in [1.54, 1.807) is 0 Å². The average molecular weight is 632 g/mol. The minimum atomic E-state index is -1.36. The second-order valence-corrected chi connectivity index (χ2v) is 12.0. The van der Waals surface area contributed by atoms with Crippen molar-refractivity contribution in [1.82, 2.24) is 26.2 Å². The number of rotatable bonds is 8. The van der Waals surface area contributed by atoms with Gasteiger partial charge in [-0.1, -0.05) is 12.8 Å². The first-order valence-electron chi connectivity index (χ1n) is 15.7. The molecule has 2 aliphatic heterocycles. The molecule has 1 aliphatic carbocycles. The normalized spacial score (nSPS) is 25.3. The first-order valence-corrected chi connectivity index (χ1v) is 15.7. The topological polar surface area (TPSA) is 183 Å². The monoisotopic (exact) mass is 631 g/mol. The number of halogens is 1. The first-order chi connectivity index (χ1) is 21.6. The number of amides is 5. The number of nitrogens with zero attached hydrogens (tertiary/aromatic N) is 1. The van der Waals surface area contributed by atoms with Crippen molar-refractivity contribution in [2.24, 2.45) is 5.92 Å². The standard InChI is InChI=1S/C31H42FN5O8/c32-20-8-10-22(11-9-20)45-18-28(40)35-23-7-3-4-14-33-26(38)13-12-24(31(43)44)36-29(41)25-16-21(17-37(25)30(23)42)34-27(39)15-19-5-1-2-6-19/h8-11,19,21,23-25H,1-7,12-18H2,(H,33,38)(H,34,39)(H,35,40)(H,36,41)(H,43,44)/t21-,23+,24+,25+/m1/s1. The van der Waals surface area contributed by atoms with Gasteiger partial charge in [-0.2, -0.15) is 0 Å². The van der Waals surface area contributed by atoms with Gasteiger partial charge in [0.1, 0.15) is 29.7 Å². The van der Waals surface area contributed by atoms with E-state index in [9.17, 15) is 38.3 Å². The second-order valence-electron chi connectivity index (χ2n) is 12.0. The molecule has 2 saturated heterocycles. The van der Waals surface area contributed by atoms with Crippen LogP contribution in [0.15, 0.2) is 24.3 Å². The van der Waals surface area contributed by atoms with Gasteiger partial charge in [-0.05, 0) is 75.1 Å². The van der Waals surface area contributed by atoms with Gasteiger partial charge >= 0.3 is 5.97 Å². The van der Waals surface area contributed by atoms with E-state index in [0.29, 0.717) is 25.2 Å². The Morgan fingerprint density at radius 2 is 1.67 bits per heavy atom. The number of hydrogen-bond acceptors (Lipinski definition) is 7. The fourth-order valence-corrected chi connectivity index (χ4v) is 6.16. The number of aliphatic carboxylic acids is 1. The summed E-state index contributed by atoms with van der Waals surface area (Å²) in [5.41, 5.74) is 0. The molecular weight excluding hydrogens is 589 g/mol. The summed E-state index contributed by atoms with van der Waals surface area (Å²) in [5, 5.41) is 20.5. The minimum absolute atomic E-state index is 0.00353. The summed E-state index contributed by atoms with van der Waals surface area (Å²) in [6, 6.07) is 1.03. The summed E-state index contributed by atoms with van der Waals surface area (Å²) >= 11 is 0. The Kier molecular flexibility index (Phi) is 12.1. The lowest BCUT2D eigenvalue weighted by Gasteiger charge is -2.29. The van der Waals surface area contributed by atoms with Crippen molar-refractivity contribution in [1.29, 1.82) is 0 Å². The van der Waals surface area contributed by atoms with Crippen LogP contribution in [0.2, 0.25) is 0 Å². The van der Waals surface area contributed by atoms with Gasteiger partial charge in [0.2, 0.25) is 23.6 Å². The Hall–Kier alpha value is -4.23. The van der Waals surface area contributed by atoms with Gasteiger partial charge in [0.05, 0.1) is 0 Å². The Balaban J connectivity index is 1.51. The Labute approximate surface area is 261 Å². The summed E-state index contributed by atoms with van der Waals surface area (Å²) in [6.45, 7) is -0.161. The SMILES string of the molecule is O=C1CC[C@@H](C(=O)O)NC(=O)[C@@H]2C[C@@H](NC(=O)CC3CCCC3)CN2C(=O)[C@@H](NC(=O)COc2ccc(F)cc2)CCCCN1. The molecule has 13 nitrogen and oxygen atoms in total. The highest BCUT2D eigenvalue weighted by Crippen LogP contribution is 2.28. The van der Waals surface area contributed by atoms with E-state index in [0.717, 1.165) is 25.7 Å². The molecule has 0 aromatic heterocycles. The third-order valence-electron chi connectivity index (χ3n) is 8.53. The Bertz CT molecular complexity index is 1240. The summed E-state index contributed by atoms with van der Waals surface area (Å²) in [4.78, 5) is 78.7. The highest BCUT2D eigenvalue weighted by atomic mass is 19.1. The van der Waals surface area contributed by atoms with E-state index >= 15 is 0 Å². The van der Waals surface area contributed by atoms with E-state index in [2.05, 4.69) is 21.3 Å². The van der Waals surface area contributed by atoms with Crippen LogP contribution in [0.4, 0.5) is 4.39 Å². The summed E-state index contributed by atoms with van der Waals surface area (Å²) < 4.78 is 18.6. The van der Waals surface area contributed by atoms with Crippen LogP contribution in [0.3, 0.4) is 0 Å². The van der Waals surface area contributed by atoms with Crippen LogP contribution in [-0.2, 0) is 28.8 Å². The molecule has 4 rings (SSSR count). The van der Waals surface area contributed by atoms with E-state index < -0.39 is 60.3 Å². The molecule has 0 radical (unpaired) electrons. The number of carbonyl (C=O) groups is 6. The van der Waals surface area contributed by atoms with Crippen molar-refractivity contribution in [3.63, 3.8) is 0 Å². The van der Waals surface area contributed by atoms with Gasteiger partial charge in [-0.15, -0.1) is 0 Å². The number of nitrogens with one attached hydrogen (secondary N) is 4. The zero-order valence-electron chi connectivity index (χ0n) is 25.2. The van der Waals surface area contributed by atoms with E-state index in [1.807, 2.05) is 0 Å². The van der Waals surface area contributed by atoms with Crippen molar-refractivity contribution >= 4 is 35.5 Å². The lowest BCUT2D eigenvalue weighted by molar-refractivity contribution is -0.145. The molecule has 3 fully saturated rings. The van der Waals surface area contributed by atoms with Crippen molar-refractivity contribution < 1.29 is 43.0 Å². The molecular formula is C31H42FN5O8. The van der Waals surface area contributed by atoms with Crippen LogP contribution in [0.1, 0.15) is 70.6 Å². The van der Waals surface area contributed by atoms with Gasteiger partial charge in [0, 0.05) is 32.0 Å². The number of ether oxygens (including phenoxy) is 1. The zero-order valence-corrected chi connectivity index (χ0v) is 25.2. The number of carboxylic acids is 1. The van der Waals surface area contributed by atoms with Crippen LogP contribution in [-0.4, -0.2) is 89.4 Å². The molecule has 0 unspecified atom stereocenters. The van der Waals surface area contributed by atoms with E-state index in [-0.39, 0.29) is 56.3 Å². The molecule has 5 N–H and O–H groups in total. The lowest BCUT2D eigenvalue weighted by atomic mass is 10.0. The van der Waals surface area contributed by atoms with Crippen LogP contribution in [0, 0.1) is 11.7 Å². The molecule has 246 valence electrons. The summed E-state index contributed by atoms with van der Waals surface area (Å²) in [6.07, 6.45) is 5.42. The van der Waals surface area contributed by atoms with Crippen molar-refractivity contribution in [2.75, 3.05) is 19.7 Å². The third-order valence-corrected chi connectivity index (χ3v) is 8.53. The molecule has 1 aromatic carbocycles. The number of carboxylic acid groups (broad SMARTS) is 1.